The first-order valence-corrected chi connectivity index (χ1v) is 8.58. The van der Waals surface area contributed by atoms with E-state index in [4.69, 9.17) is 10.5 Å². The van der Waals surface area contributed by atoms with E-state index in [1.807, 2.05) is 12.1 Å². The normalized spacial score (nSPS) is 32.8. The van der Waals surface area contributed by atoms with Crippen LogP contribution in [0.3, 0.4) is 0 Å². The molecule has 3 rings (SSSR count). The van der Waals surface area contributed by atoms with Gasteiger partial charge in [-0.25, -0.2) is 4.39 Å². The maximum Gasteiger partial charge on any atom is 0.123 e. The molecule has 1 saturated carbocycles. The van der Waals surface area contributed by atoms with Crippen molar-refractivity contribution in [3.05, 3.63) is 35.6 Å². The van der Waals surface area contributed by atoms with Gasteiger partial charge in [0.15, 0.2) is 0 Å². The summed E-state index contributed by atoms with van der Waals surface area (Å²) in [5, 5.41) is 3.46. The quantitative estimate of drug-likeness (QED) is 0.899. The number of rotatable bonds is 4. The Kier molecular flexibility index (Phi) is 5.45. The highest BCUT2D eigenvalue weighted by Gasteiger charge is 2.26. The van der Waals surface area contributed by atoms with E-state index in [2.05, 4.69) is 5.32 Å². The number of nitrogens with two attached hydrogens (primary N) is 1. The van der Waals surface area contributed by atoms with Crippen LogP contribution in [-0.2, 0) is 4.74 Å². The van der Waals surface area contributed by atoms with Crippen LogP contribution >= 0.6 is 0 Å². The fourth-order valence-electron chi connectivity index (χ4n) is 3.72. The molecular formula is C18H27FN2O. The minimum atomic E-state index is -0.131. The van der Waals surface area contributed by atoms with Crippen molar-refractivity contribution < 1.29 is 9.13 Å². The lowest BCUT2D eigenvalue weighted by molar-refractivity contribution is 0.00619. The van der Waals surface area contributed by atoms with Gasteiger partial charge in [-0.1, -0.05) is 12.1 Å². The summed E-state index contributed by atoms with van der Waals surface area (Å²) in [6.45, 7) is 1.77. The molecule has 1 aromatic rings. The Labute approximate surface area is 132 Å². The summed E-state index contributed by atoms with van der Waals surface area (Å²) in [6.07, 6.45) is 6.87. The molecule has 2 fully saturated rings. The molecule has 0 amide bonds. The van der Waals surface area contributed by atoms with Gasteiger partial charge in [-0.15, -0.1) is 0 Å². The number of hydrogen-bond donors (Lipinski definition) is 2. The third kappa shape index (κ3) is 4.06. The zero-order valence-corrected chi connectivity index (χ0v) is 13.1. The van der Waals surface area contributed by atoms with E-state index in [-0.39, 0.29) is 11.9 Å². The van der Waals surface area contributed by atoms with E-state index < -0.39 is 0 Å². The Hall–Kier alpha value is -0.970. The van der Waals surface area contributed by atoms with Crippen molar-refractivity contribution in [3.8, 4) is 0 Å². The van der Waals surface area contributed by atoms with Crippen LogP contribution in [0.4, 0.5) is 4.39 Å². The third-order valence-electron chi connectivity index (χ3n) is 5.14. The van der Waals surface area contributed by atoms with E-state index in [1.54, 1.807) is 6.07 Å². The molecule has 0 radical (unpaired) electrons. The van der Waals surface area contributed by atoms with E-state index >= 15 is 0 Å². The van der Waals surface area contributed by atoms with Crippen LogP contribution in [0, 0.1) is 5.82 Å². The zero-order chi connectivity index (χ0) is 15.4. The Balaban J connectivity index is 1.44. The van der Waals surface area contributed by atoms with Gasteiger partial charge >= 0.3 is 0 Å². The number of piperidine rings is 1. The van der Waals surface area contributed by atoms with E-state index in [9.17, 15) is 4.39 Å². The molecule has 3 nitrogen and oxygen atoms in total. The molecule has 22 heavy (non-hydrogen) atoms. The SMILES string of the molecule is N[C@H]1CCCN[C@H]1CO[C@H]1CC[C@@H](c2cccc(F)c2)CC1. The number of halogens is 1. The molecule has 3 N–H and O–H groups in total. The summed E-state index contributed by atoms with van der Waals surface area (Å²) < 4.78 is 19.4. The van der Waals surface area contributed by atoms with Crippen molar-refractivity contribution in [1.82, 2.24) is 5.32 Å². The van der Waals surface area contributed by atoms with Crippen LogP contribution in [0.15, 0.2) is 24.3 Å². The zero-order valence-electron chi connectivity index (χ0n) is 13.1. The van der Waals surface area contributed by atoms with Gasteiger partial charge in [-0.05, 0) is 68.7 Å². The summed E-state index contributed by atoms with van der Waals surface area (Å²) in [4.78, 5) is 0. The van der Waals surface area contributed by atoms with Gasteiger partial charge in [0.2, 0.25) is 0 Å². The monoisotopic (exact) mass is 306 g/mol. The Morgan fingerprint density at radius 3 is 2.73 bits per heavy atom. The highest BCUT2D eigenvalue weighted by molar-refractivity contribution is 5.21. The van der Waals surface area contributed by atoms with Crippen molar-refractivity contribution >= 4 is 0 Å². The highest BCUT2D eigenvalue weighted by Crippen LogP contribution is 2.34. The Morgan fingerprint density at radius 1 is 1.18 bits per heavy atom. The van der Waals surface area contributed by atoms with Crippen LogP contribution in [0.25, 0.3) is 0 Å². The highest BCUT2D eigenvalue weighted by atomic mass is 19.1. The van der Waals surface area contributed by atoms with Gasteiger partial charge in [0.25, 0.3) is 0 Å². The Bertz CT molecular complexity index is 474. The minimum Gasteiger partial charge on any atom is -0.377 e. The molecule has 4 heteroatoms. The second-order valence-corrected chi connectivity index (χ2v) is 6.73. The molecule has 2 aliphatic rings. The van der Waals surface area contributed by atoms with Crippen LogP contribution in [0.5, 0.6) is 0 Å². The lowest BCUT2D eigenvalue weighted by atomic mass is 9.82. The van der Waals surface area contributed by atoms with E-state index in [0.717, 1.165) is 57.2 Å². The predicted molar refractivity (Wildman–Crippen MR) is 86.3 cm³/mol. The molecule has 0 bridgehead atoms. The van der Waals surface area contributed by atoms with Crippen LogP contribution < -0.4 is 11.1 Å². The summed E-state index contributed by atoms with van der Waals surface area (Å²) in [6, 6.07) is 7.56. The lowest BCUT2D eigenvalue weighted by Gasteiger charge is -2.33. The minimum absolute atomic E-state index is 0.131. The maximum absolute atomic E-state index is 13.3. The van der Waals surface area contributed by atoms with Crippen molar-refractivity contribution in [2.45, 2.75) is 62.6 Å². The van der Waals surface area contributed by atoms with Crippen LogP contribution in [0.2, 0.25) is 0 Å². The number of benzene rings is 1. The molecule has 0 spiro atoms. The first-order chi connectivity index (χ1) is 10.7. The molecule has 1 aliphatic heterocycles. The topological polar surface area (TPSA) is 47.3 Å². The Morgan fingerprint density at radius 2 is 2.00 bits per heavy atom. The van der Waals surface area contributed by atoms with Crippen LogP contribution in [0.1, 0.15) is 50.0 Å². The van der Waals surface area contributed by atoms with Crippen molar-refractivity contribution in [1.29, 1.82) is 0 Å². The van der Waals surface area contributed by atoms with E-state index in [1.165, 1.54) is 6.07 Å². The van der Waals surface area contributed by atoms with Crippen LogP contribution in [-0.4, -0.2) is 31.3 Å². The lowest BCUT2D eigenvalue weighted by Crippen LogP contribution is -2.52. The summed E-state index contributed by atoms with van der Waals surface area (Å²) >= 11 is 0. The van der Waals surface area contributed by atoms with Gasteiger partial charge in [0, 0.05) is 12.1 Å². The summed E-state index contributed by atoms with van der Waals surface area (Å²) in [5.74, 6) is 0.346. The van der Waals surface area contributed by atoms with Gasteiger partial charge < -0.3 is 15.8 Å². The summed E-state index contributed by atoms with van der Waals surface area (Å²) in [7, 11) is 0. The number of ether oxygens (including phenoxy) is 1. The van der Waals surface area contributed by atoms with Gasteiger partial charge in [0.1, 0.15) is 5.82 Å². The molecular weight excluding hydrogens is 279 g/mol. The number of nitrogens with one attached hydrogen (secondary N) is 1. The second kappa shape index (κ2) is 7.53. The average Bonchev–Trinajstić information content (AvgIpc) is 2.55. The molecule has 1 aromatic carbocycles. The third-order valence-corrected chi connectivity index (χ3v) is 5.14. The number of hydrogen-bond acceptors (Lipinski definition) is 3. The largest absolute Gasteiger partial charge is 0.377 e. The van der Waals surface area contributed by atoms with Gasteiger partial charge in [-0.3, -0.25) is 0 Å². The predicted octanol–water partition coefficient (Wildman–Crippen LogP) is 2.95. The molecule has 1 aliphatic carbocycles. The standard InChI is InChI=1S/C18H27FN2O/c19-15-4-1-3-14(11-15)13-6-8-16(9-7-13)22-12-18-17(20)5-2-10-21-18/h1,3-4,11,13,16-18,21H,2,5-10,12,20H2/t13-,16+,17-,18-/m0/s1. The summed E-state index contributed by atoms with van der Waals surface area (Å²) in [5.41, 5.74) is 7.26. The van der Waals surface area contributed by atoms with Crippen molar-refractivity contribution in [2.24, 2.45) is 5.73 Å². The molecule has 2 atom stereocenters. The fourth-order valence-corrected chi connectivity index (χ4v) is 3.72. The second-order valence-electron chi connectivity index (χ2n) is 6.73. The van der Waals surface area contributed by atoms with Crippen molar-refractivity contribution in [2.75, 3.05) is 13.2 Å². The molecule has 122 valence electrons. The molecule has 0 unspecified atom stereocenters. The smallest absolute Gasteiger partial charge is 0.123 e. The first-order valence-electron chi connectivity index (χ1n) is 8.58. The fraction of sp³-hybridized carbons (Fsp3) is 0.667. The maximum atomic E-state index is 13.3. The average molecular weight is 306 g/mol. The van der Waals surface area contributed by atoms with E-state index in [0.29, 0.717) is 18.1 Å². The van der Waals surface area contributed by atoms with Gasteiger partial charge in [0.05, 0.1) is 12.7 Å². The molecule has 1 saturated heterocycles. The van der Waals surface area contributed by atoms with Crippen molar-refractivity contribution in [3.63, 3.8) is 0 Å². The molecule has 1 heterocycles. The first kappa shape index (κ1) is 15.9. The van der Waals surface area contributed by atoms with Gasteiger partial charge in [-0.2, -0.15) is 0 Å². The molecule has 0 aromatic heterocycles.